The van der Waals surface area contributed by atoms with E-state index in [1.807, 2.05) is 24.3 Å². The molecule has 0 spiro atoms. The summed E-state index contributed by atoms with van der Waals surface area (Å²) >= 11 is 0. The van der Waals surface area contributed by atoms with Crippen molar-refractivity contribution in [2.45, 2.75) is 31.8 Å². The van der Waals surface area contributed by atoms with Gasteiger partial charge in [-0.25, -0.2) is 4.79 Å². The number of esters is 1. The van der Waals surface area contributed by atoms with Gasteiger partial charge in [0.1, 0.15) is 0 Å². The molecule has 0 radical (unpaired) electrons. The highest BCUT2D eigenvalue weighted by Gasteiger charge is 2.16. The van der Waals surface area contributed by atoms with Crippen LogP contribution in [0.25, 0.3) is 11.1 Å². The smallest absolute Gasteiger partial charge is 0.338 e. The Hall–Kier alpha value is -2.66. The maximum absolute atomic E-state index is 12.5. The van der Waals surface area contributed by atoms with E-state index in [2.05, 4.69) is 5.32 Å². The molecule has 1 heterocycles. The zero-order chi connectivity index (χ0) is 19.1. The van der Waals surface area contributed by atoms with Crippen LogP contribution in [0.4, 0.5) is 0 Å². The first kappa shape index (κ1) is 19.1. The first-order valence-corrected chi connectivity index (χ1v) is 9.36. The molecule has 0 aliphatic carbocycles. The molecular weight excluding hydrogens is 342 g/mol. The second-order valence-corrected chi connectivity index (χ2v) is 6.65. The molecule has 142 valence electrons. The molecule has 27 heavy (non-hydrogen) atoms. The van der Waals surface area contributed by atoms with Crippen molar-refractivity contribution in [3.8, 4) is 11.1 Å². The summed E-state index contributed by atoms with van der Waals surface area (Å²) in [5.74, 6) is -0.517. The van der Waals surface area contributed by atoms with E-state index >= 15 is 0 Å². The van der Waals surface area contributed by atoms with Crippen molar-refractivity contribution in [3.05, 3.63) is 59.7 Å². The van der Waals surface area contributed by atoms with Crippen molar-refractivity contribution in [2.24, 2.45) is 0 Å². The number of ether oxygens (including phenoxy) is 2. The van der Waals surface area contributed by atoms with Gasteiger partial charge in [0.15, 0.2) is 0 Å². The molecule has 3 rings (SSSR count). The van der Waals surface area contributed by atoms with Crippen molar-refractivity contribution >= 4 is 11.9 Å². The van der Waals surface area contributed by atoms with Crippen LogP contribution in [0.15, 0.2) is 48.5 Å². The normalized spacial score (nSPS) is 16.6. The fraction of sp³-hybridized carbons (Fsp3) is 0.364. The van der Waals surface area contributed by atoms with E-state index in [-0.39, 0.29) is 12.0 Å². The zero-order valence-corrected chi connectivity index (χ0v) is 15.6. The number of carbonyl (C=O) groups is 2. The summed E-state index contributed by atoms with van der Waals surface area (Å²) in [7, 11) is 1.36. The van der Waals surface area contributed by atoms with E-state index in [9.17, 15) is 9.59 Å². The van der Waals surface area contributed by atoms with Gasteiger partial charge in [-0.1, -0.05) is 30.3 Å². The van der Waals surface area contributed by atoms with E-state index < -0.39 is 5.97 Å². The van der Waals surface area contributed by atoms with Gasteiger partial charge in [0.2, 0.25) is 0 Å². The van der Waals surface area contributed by atoms with Crippen LogP contribution in [0, 0.1) is 0 Å². The van der Waals surface area contributed by atoms with Gasteiger partial charge in [0.25, 0.3) is 5.91 Å². The maximum Gasteiger partial charge on any atom is 0.338 e. The summed E-state index contributed by atoms with van der Waals surface area (Å²) < 4.78 is 10.6. The Labute approximate surface area is 159 Å². The molecule has 1 fully saturated rings. The Morgan fingerprint density at radius 1 is 1.15 bits per heavy atom. The van der Waals surface area contributed by atoms with Crippen molar-refractivity contribution in [3.63, 3.8) is 0 Å². The number of rotatable bonds is 6. The first-order valence-electron chi connectivity index (χ1n) is 9.36. The molecule has 1 aliphatic rings. The van der Waals surface area contributed by atoms with Crippen LogP contribution < -0.4 is 5.32 Å². The molecular formula is C22H25NO4. The van der Waals surface area contributed by atoms with Gasteiger partial charge in [-0.3, -0.25) is 4.79 Å². The van der Waals surface area contributed by atoms with Crippen LogP contribution >= 0.6 is 0 Å². The van der Waals surface area contributed by atoms with Crippen LogP contribution in [-0.4, -0.2) is 38.2 Å². The lowest BCUT2D eigenvalue weighted by atomic mass is 9.98. The lowest BCUT2D eigenvalue weighted by molar-refractivity contribution is 0.0117. The highest BCUT2D eigenvalue weighted by molar-refractivity contribution is 5.99. The first-order chi connectivity index (χ1) is 13.2. The van der Waals surface area contributed by atoms with E-state index in [0.29, 0.717) is 17.7 Å². The molecule has 5 nitrogen and oxygen atoms in total. The molecule has 0 saturated carbocycles. The molecule has 1 N–H and O–H groups in total. The summed E-state index contributed by atoms with van der Waals surface area (Å²) in [5.41, 5.74) is 2.60. The quantitative estimate of drug-likeness (QED) is 0.788. The van der Waals surface area contributed by atoms with Crippen LogP contribution in [0.3, 0.4) is 0 Å². The number of hydrogen-bond acceptors (Lipinski definition) is 4. The average Bonchev–Trinajstić information content (AvgIpc) is 2.74. The SMILES string of the molecule is COC(=O)c1ccccc1-c1cccc(C(=O)NCCC2CCCCO2)c1. The molecule has 0 bridgehead atoms. The Morgan fingerprint density at radius 3 is 2.78 bits per heavy atom. The minimum atomic E-state index is -0.395. The van der Waals surface area contributed by atoms with Crippen LogP contribution in [0.2, 0.25) is 0 Å². The van der Waals surface area contributed by atoms with Gasteiger partial charge in [0, 0.05) is 18.7 Å². The summed E-state index contributed by atoms with van der Waals surface area (Å²) in [4.78, 5) is 24.5. The molecule has 0 aromatic heterocycles. The van der Waals surface area contributed by atoms with Gasteiger partial charge in [-0.05, 0) is 55.0 Å². The molecule has 1 saturated heterocycles. The Morgan fingerprint density at radius 2 is 2.00 bits per heavy atom. The molecule has 2 aromatic rings. The van der Waals surface area contributed by atoms with E-state index in [1.165, 1.54) is 13.5 Å². The van der Waals surface area contributed by atoms with E-state index in [0.717, 1.165) is 37.0 Å². The molecule has 5 heteroatoms. The second kappa shape index (κ2) is 9.33. The highest BCUT2D eigenvalue weighted by Crippen LogP contribution is 2.25. The number of amides is 1. The van der Waals surface area contributed by atoms with Crippen LogP contribution in [-0.2, 0) is 9.47 Å². The van der Waals surface area contributed by atoms with Gasteiger partial charge in [0.05, 0.1) is 18.8 Å². The predicted molar refractivity (Wildman–Crippen MR) is 104 cm³/mol. The molecule has 1 amide bonds. The predicted octanol–water partition coefficient (Wildman–Crippen LogP) is 3.83. The number of hydrogen-bond donors (Lipinski definition) is 1. The zero-order valence-electron chi connectivity index (χ0n) is 15.6. The monoisotopic (exact) mass is 367 g/mol. The van der Waals surface area contributed by atoms with Crippen LogP contribution in [0.1, 0.15) is 46.4 Å². The molecule has 2 aromatic carbocycles. The van der Waals surface area contributed by atoms with Crippen LogP contribution in [0.5, 0.6) is 0 Å². The standard InChI is InChI=1S/C22H25NO4/c1-26-22(25)20-11-3-2-10-19(20)16-7-6-8-17(15-16)21(24)23-13-12-18-9-4-5-14-27-18/h2-3,6-8,10-11,15,18H,4-5,9,12-14H2,1H3,(H,23,24). The van der Waals surface area contributed by atoms with E-state index in [4.69, 9.17) is 9.47 Å². The number of carbonyl (C=O) groups excluding carboxylic acids is 2. The summed E-state index contributed by atoms with van der Waals surface area (Å²) in [6, 6.07) is 14.5. The molecule has 1 atom stereocenters. The van der Waals surface area contributed by atoms with Crippen molar-refractivity contribution < 1.29 is 19.1 Å². The minimum absolute atomic E-state index is 0.122. The topological polar surface area (TPSA) is 64.6 Å². The van der Waals surface area contributed by atoms with Crippen molar-refractivity contribution in [1.29, 1.82) is 0 Å². The molecule has 1 unspecified atom stereocenters. The number of nitrogens with one attached hydrogen (secondary N) is 1. The highest BCUT2D eigenvalue weighted by atomic mass is 16.5. The van der Waals surface area contributed by atoms with Gasteiger partial charge >= 0.3 is 5.97 Å². The van der Waals surface area contributed by atoms with Crippen molar-refractivity contribution in [2.75, 3.05) is 20.3 Å². The third-order valence-corrected chi connectivity index (χ3v) is 4.79. The van der Waals surface area contributed by atoms with Crippen molar-refractivity contribution in [1.82, 2.24) is 5.32 Å². The van der Waals surface area contributed by atoms with Gasteiger partial charge in [-0.2, -0.15) is 0 Å². The van der Waals surface area contributed by atoms with E-state index in [1.54, 1.807) is 24.3 Å². The maximum atomic E-state index is 12.5. The third kappa shape index (κ3) is 4.95. The second-order valence-electron chi connectivity index (χ2n) is 6.65. The number of benzene rings is 2. The fourth-order valence-electron chi connectivity index (χ4n) is 3.33. The lowest BCUT2D eigenvalue weighted by Gasteiger charge is -2.22. The van der Waals surface area contributed by atoms with Gasteiger partial charge < -0.3 is 14.8 Å². The van der Waals surface area contributed by atoms with Gasteiger partial charge in [-0.15, -0.1) is 0 Å². The lowest BCUT2D eigenvalue weighted by Crippen LogP contribution is -2.29. The summed E-state index contributed by atoms with van der Waals surface area (Å²) in [6.45, 7) is 1.41. The Bertz CT molecular complexity index is 796. The third-order valence-electron chi connectivity index (χ3n) is 4.79. The summed E-state index contributed by atoms with van der Waals surface area (Å²) in [5, 5.41) is 2.96. The number of methoxy groups -OCH3 is 1. The average molecular weight is 367 g/mol. The largest absolute Gasteiger partial charge is 0.465 e. The fourth-order valence-corrected chi connectivity index (χ4v) is 3.33. The summed E-state index contributed by atoms with van der Waals surface area (Å²) in [6.07, 6.45) is 4.47. The molecule has 1 aliphatic heterocycles. The Balaban J connectivity index is 1.68. The minimum Gasteiger partial charge on any atom is -0.465 e. The Kier molecular flexibility index (Phi) is 6.60.